The first-order chi connectivity index (χ1) is 11.0. The van der Waals surface area contributed by atoms with Gasteiger partial charge in [-0.2, -0.15) is 0 Å². The Labute approximate surface area is 132 Å². The SMILES string of the molecule is CC(=O)N1CCN(C(C(=O)O)c2c[nH]c3cc(F)ccc23)CC1. The number of nitrogens with zero attached hydrogens (tertiary/aromatic N) is 2. The molecular weight excluding hydrogens is 301 g/mol. The number of carbonyl (C=O) groups excluding carboxylic acids is 1. The van der Waals surface area contributed by atoms with Gasteiger partial charge < -0.3 is 15.0 Å². The molecule has 6 nitrogen and oxygen atoms in total. The quantitative estimate of drug-likeness (QED) is 0.901. The van der Waals surface area contributed by atoms with Crippen molar-refractivity contribution in [2.75, 3.05) is 26.2 Å². The van der Waals surface area contributed by atoms with Crippen LogP contribution in [0.5, 0.6) is 0 Å². The van der Waals surface area contributed by atoms with Crippen LogP contribution in [0.3, 0.4) is 0 Å². The Morgan fingerprint density at radius 1 is 1.26 bits per heavy atom. The molecule has 1 amide bonds. The van der Waals surface area contributed by atoms with Gasteiger partial charge in [0.05, 0.1) is 0 Å². The number of aromatic nitrogens is 1. The molecule has 1 aliphatic rings. The van der Waals surface area contributed by atoms with Gasteiger partial charge in [-0.1, -0.05) is 0 Å². The highest BCUT2D eigenvalue weighted by Gasteiger charge is 2.32. The maximum Gasteiger partial charge on any atom is 0.325 e. The summed E-state index contributed by atoms with van der Waals surface area (Å²) in [5.41, 5.74) is 1.19. The van der Waals surface area contributed by atoms with E-state index in [1.54, 1.807) is 17.2 Å². The van der Waals surface area contributed by atoms with E-state index >= 15 is 0 Å². The van der Waals surface area contributed by atoms with E-state index in [1.165, 1.54) is 19.1 Å². The lowest BCUT2D eigenvalue weighted by atomic mass is 10.0. The van der Waals surface area contributed by atoms with E-state index in [0.717, 1.165) is 0 Å². The molecule has 2 N–H and O–H groups in total. The third-order valence-electron chi connectivity index (χ3n) is 4.33. The number of H-pyrrole nitrogens is 1. The van der Waals surface area contributed by atoms with E-state index in [1.807, 2.05) is 4.90 Å². The molecule has 2 aromatic rings. The summed E-state index contributed by atoms with van der Waals surface area (Å²) in [7, 11) is 0. The highest BCUT2D eigenvalue weighted by molar-refractivity contribution is 5.89. The predicted molar refractivity (Wildman–Crippen MR) is 82.5 cm³/mol. The van der Waals surface area contributed by atoms with Gasteiger partial charge in [-0.25, -0.2) is 4.39 Å². The van der Waals surface area contributed by atoms with E-state index in [9.17, 15) is 19.1 Å². The molecule has 0 radical (unpaired) electrons. The number of hydrogen-bond donors (Lipinski definition) is 2. The molecule has 1 aromatic carbocycles. The number of hydrogen-bond acceptors (Lipinski definition) is 3. The fraction of sp³-hybridized carbons (Fsp3) is 0.375. The van der Waals surface area contributed by atoms with E-state index < -0.39 is 12.0 Å². The summed E-state index contributed by atoms with van der Waals surface area (Å²) in [5, 5.41) is 10.4. The lowest BCUT2D eigenvalue weighted by Gasteiger charge is -2.37. The normalized spacial score (nSPS) is 17.4. The number of carbonyl (C=O) groups is 2. The topological polar surface area (TPSA) is 76.6 Å². The van der Waals surface area contributed by atoms with E-state index in [4.69, 9.17) is 0 Å². The number of rotatable bonds is 3. The highest BCUT2D eigenvalue weighted by atomic mass is 19.1. The molecule has 3 rings (SSSR count). The van der Waals surface area contributed by atoms with Gasteiger partial charge in [0, 0.05) is 55.8 Å². The highest BCUT2D eigenvalue weighted by Crippen LogP contribution is 2.29. The number of carboxylic acids is 1. The summed E-state index contributed by atoms with van der Waals surface area (Å²) in [5.74, 6) is -1.32. The molecule has 0 saturated carbocycles. The number of halogens is 1. The van der Waals surface area contributed by atoms with Crippen molar-refractivity contribution in [1.29, 1.82) is 0 Å². The van der Waals surface area contributed by atoms with Gasteiger partial charge in [-0.15, -0.1) is 0 Å². The van der Waals surface area contributed by atoms with Gasteiger partial charge >= 0.3 is 5.97 Å². The van der Waals surface area contributed by atoms with Crippen LogP contribution in [0.15, 0.2) is 24.4 Å². The molecule has 1 fully saturated rings. The Morgan fingerprint density at radius 3 is 2.57 bits per heavy atom. The fourth-order valence-electron chi connectivity index (χ4n) is 3.13. The molecule has 1 aliphatic heterocycles. The number of aromatic amines is 1. The lowest BCUT2D eigenvalue weighted by molar-refractivity contribution is -0.144. The minimum Gasteiger partial charge on any atom is -0.480 e. The zero-order valence-electron chi connectivity index (χ0n) is 12.8. The Balaban J connectivity index is 1.90. The summed E-state index contributed by atoms with van der Waals surface area (Å²) in [6, 6.07) is 3.46. The van der Waals surface area contributed by atoms with Crippen molar-refractivity contribution in [3.8, 4) is 0 Å². The lowest BCUT2D eigenvalue weighted by Crippen LogP contribution is -2.50. The molecule has 2 heterocycles. The average Bonchev–Trinajstić information content (AvgIpc) is 2.90. The van der Waals surface area contributed by atoms with Crippen molar-refractivity contribution >= 4 is 22.8 Å². The predicted octanol–water partition coefficient (Wildman–Crippen LogP) is 1.60. The van der Waals surface area contributed by atoms with Crippen LogP contribution < -0.4 is 0 Å². The van der Waals surface area contributed by atoms with Crippen molar-refractivity contribution in [1.82, 2.24) is 14.8 Å². The van der Waals surface area contributed by atoms with Crippen molar-refractivity contribution in [3.05, 3.63) is 35.8 Å². The molecule has 122 valence electrons. The molecule has 1 aromatic heterocycles. The van der Waals surface area contributed by atoms with Gasteiger partial charge in [-0.3, -0.25) is 14.5 Å². The zero-order valence-corrected chi connectivity index (χ0v) is 12.8. The Morgan fingerprint density at radius 2 is 1.96 bits per heavy atom. The minimum atomic E-state index is -0.952. The summed E-state index contributed by atoms with van der Waals surface area (Å²) < 4.78 is 13.3. The Bertz CT molecular complexity index is 750. The average molecular weight is 319 g/mol. The number of fused-ring (bicyclic) bond motifs is 1. The van der Waals surface area contributed by atoms with Gasteiger partial charge in [0.2, 0.25) is 5.91 Å². The van der Waals surface area contributed by atoms with E-state index in [-0.39, 0.29) is 11.7 Å². The molecule has 1 unspecified atom stereocenters. The van der Waals surface area contributed by atoms with Gasteiger partial charge in [0.15, 0.2) is 0 Å². The summed E-state index contributed by atoms with van der Waals surface area (Å²) >= 11 is 0. The third kappa shape index (κ3) is 2.92. The smallest absolute Gasteiger partial charge is 0.325 e. The first-order valence-corrected chi connectivity index (χ1v) is 7.46. The van der Waals surface area contributed by atoms with Crippen molar-refractivity contribution in [2.24, 2.45) is 0 Å². The summed E-state index contributed by atoms with van der Waals surface area (Å²) in [6.07, 6.45) is 1.63. The van der Waals surface area contributed by atoms with Crippen LogP contribution >= 0.6 is 0 Å². The standard InChI is InChI=1S/C16H18FN3O3/c1-10(21)19-4-6-20(7-5-19)15(16(22)23)13-9-18-14-8-11(17)2-3-12(13)14/h2-3,8-9,15,18H,4-7H2,1H3,(H,22,23). The fourth-order valence-corrected chi connectivity index (χ4v) is 3.13. The molecular formula is C16H18FN3O3. The molecule has 1 saturated heterocycles. The number of carboxylic acid groups (broad SMARTS) is 1. The van der Waals surface area contributed by atoms with Gasteiger partial charge in [-0.05, 0) is 18.2 Å². The molecule has 0 aliphatic carbocycles. The maximum atomic E-state index is 13.3. The largest absolute Gasteiger partial charge is 0.480 e. The third-order valence-corrected chi connectivity index (χ3v) is 4.33. The van der Waals surface area contributed by atoms with Crippen LogP contribution in [0.25, 0.3) is 10.9 Å². The second-order valence-corrected chi connectivity index (χ2v) is 5.72. The van der Waals surface area contributed by atoms with Crippen LogP contribution in [0.1, 0.15) is 18.5 Å². The van der Waals surface area contributed by atoms with Crippen LogP contribution in [-0.2, 0) is 9.59 Å². The molecule has 1 atom stereocenters. The number of amides is 1. The number of nitrogens with one attached hydrogen (secondary N) is 1. The van der Waals surface area contributed by atoms with Gasteiger partial charge in [0.25, 0.3) is 0 Å². The molecule has 7 heteroatoms. The molecule has 0 bridgehead atoms. The Kier molecular flexibility index (Phi) is 4.04. The monoisotopic (exact) mass is 319 g/mol. The summed E-state index contributed by atoms with van der Waals surface area (Å²) in [6.45, 7) is 3.51. The molecule has 23 heavy (non-hydrogen) atoms. The van der Waals surface area contributed by atoms with E-state index in [2.05, 4.69) is 4.98 Å². The second-order valence-electron chi connectivity index (χ2n) is 5.72. The first kappa shape index (κ1) is 15.5. The minimum absolute atomic E-state index is 0.000838. The van der Waals surface area contributed by atoms with E-state index in [0.29, 0.717) is 42.6 Å². The Hall–Kier alpha value is -2.41. The second kappa shape index (κ2) is 6.00. The van der Waals surface area contributed by atoms with Crippen molar-refractivity contribution in [2.45, 2.75) is 13.0 Å². The zero-order chi connectivity index (χ0) is 16.6. The number of aliphatic carboxylic acids is 1. The van der Waals surface area contributed by atoms with Crippen molar-refractivity contribution < 1.29 is 19.1 Å². The maximum absolute atomic E-state index is 13.3. The number of benzene rings is 1. The van der Waals surface area contributed by atoms with Crippen molar-refractivity contribution in [3.63, 3.8) is 0 Å². The van der Waals surface area contributed by atoms with Crippen LogP contribution in [0, 0.1) is 5.82 Å². The first-order valence-electron chi connectivity index (χ1n) is 7.46. The summed E-state index contributed by atoms with van der Waals surface area (Å²) in [4.78, 5) is 29.7. The van der Waals surface area contributed by atoms with Crippen LogP contribution in [0.2, 0.25) is 0 Å². The van der Waals surface area contributed by atoms with Crippen LogP contribution in [-0.4, -0.2) is 57.9 Å². The molecule has 0 spiro atoms. The van der Waals surface area contributed by atoms with Gasteiger partial charge in [0.1, 0.15) is 11.9 Å². The van der Waals surface area contributed by atoms with Crippen LogP contribution in [0.4, 0.5) is 4.39 Å². The number of piperazine rings is 1.